The third kappa shape index (κ3) is 3.64. The fraction of sp³-hybridized carbons (Fsp3) is 0.562. The van der Waals surface area contributed by atoms with Crippen molar-refractivity contribution in [1.29, 1.82) is 5.26 Å². The van der Waals surface area contributed by atoms with Crippen molar-refractivity contribution in [2.75, 3.05) is 13.2 Å². The number of aliphatic hydroxyl groups is 1. The van der Waals surface area contributed by atoms with Gasteiger partial charge in [0, 0.05) is 11.6 Å². The van der Waals surface area contributed by atoms with Crippen molar-refractivity contribution in [2.45, 2.75) is 39.2 Å². The number of nitrogens with zero attached hydrogens (tertiary/aromatic N) is 1. The van der Waals surface area contributed by atoms with E-state index in [0.29, 0.717) is 19.0 Å². The Balaban J connectivity index is 1.74. The van der Waals surface area contributed by atoms with Crippen LogP contribution >= 0.6 is 0 Å². The average molecular weight is 275 g/mol. The van der Waals surface area contributed by atoms with Crippen LogP contribution in [0.4, 0.5) is 0 Å². The van der Waals surface area contributed by atoms with Gasteiger partial charge in [-0.15, -0.1) is 0 Å². The molecule has 1 aromatic rings. The molecule has 1 aromatic carbocycles. The SMILES string of the molecule is CC(C)(C#N)CCCCOc1ccc2c(c1)OCC2O. The van der Waals surface area contributed by atoms with Crippen LogP contribution in [0.15, 0.2) is 18.2 Å². The maximum Gasteiger partial charge on any atom is 0.129 e. The predicted octanol–water partition coefficient (Wildman–Crippen LogP) is 3.21. The van der Waals surface area contributed by atoms with Gasteiger partial charge in [-0.3, -0.25) is 0 Å². The van der Waals surface area contributed by atoms with Crippen LogP contribution in [0.25, 0.3) is 0 Å². The molecule has 0 aliphatic carbocycles. The van der Waals surface area contributed by atoms with Gasteiger partial charge in [-0.05, 0) is 45.2 Å². The lowest BCUT2D eigenvalue weighted by Gasteiger charge is -2.14. The maximum absolute atomic E-state index is 9.63. The highest BCUT2D eigenvalue weighted by atomic mass is 16.5. The Kier molecular flexibility index (Phi) is 4.51. The summed E-state index contributed by atoms with van der Waals surface area (Å²) >= 11 is 0. The van der Waals surface area contributed by atoms with Crippen LogP contribution in [-0.4, -0.2) is 18.3 Å². The largest absolute Gasteiger partial charge is 0.493 e. The smallest absolute Gasteiger partial charge is 0.129 e. The van der Waals surface area contributed by atoms with Crippen molar-refractivity contribution in [3.05, 3.63) is 23.8 Å². The van der Waals surface area contributed by atoms with E-state index in [1.807, 2.05) is 32.0 Å². The first-order valence-corrected chi connectivity index (χ1v) is 7.01. The Labute approximate surface area is 119 Å². The number of hydrogen-bond acceptors (Lipinski definition) is 4. The fourth-order valence-electron chi connectivity index (χ4n) is 2.18. The average Bonchev–Trinajstić information content (AvgIpc) is 2.79. The first-order valence-electron chi connectivity index (χ1n) is 7.01. The van der Waals surface area contributed by atoms with Gasteiger partial charge in [-0.1, -0.05) is 0 Å². The first-order chi connectivity index (χ1) is 9.52. The molecule has 1 atom stereocenters. The molecular formula is C16H21NO3. The molecule has 0 fully saturated rings. The van der Waals surface area contributed by atoms with Gasteiger partial charge in [0.05, 0.1) is 18.1 Å². The number of benzene rings is 1. The summed E-state index contributed by atoms with van der Waals surface area (Å²) in [7, 11) is 0. The maximum atomic E-state index is 9.63. The summed E-state index contributed by atoms with van der Waals surface area (Å²) in [6.07, 6.45) is 2.26. The molecule has 1 unspecified atom stereocenters. The second-order valence-corrected chi connectivity index (χ2v) is 5.83. The van der Waals surface area contributed by atoms with E-state index in [1.54, 1.807) is 0 Å². The Morgan fingerprint density at radius 3 is 3.00 bits per heavy atom. The highest BCUT2D eigenvalue weighted by Gasteiger charge is 2.22. The van der Waals surface area contributed by atoms with E-state index < -0.39 is 6.10 Å². The summed E-state index contributed by atoms with van der Waals surface area (Å²) in [4.78, 5) is 0. The number of nitriles is 1. The van der Waals surface area contributed by atoms with E-state index in [2.05, 4.69) is 6.07 Å². The topological polar surface area (TPSA) is 62.5 Å². The van der Waals surface area contributed by atoms with Crippen LogP contribution in [0.1, 0.15) is 44.8 Å². The lowest BCUT2D eigenvalue weighted by atomic mass is 9.89. The van der Waals surface area contributed by atoms with Crippen LogP contribution in [0, 0.1) is 16.7 Å². The molecule has 108 valence electrons. The minimum atomic E-state index is -0.521. The predicted molar refractivity (Wildman–Crippen MR) is 75.6 cm³/mol. The van der Waals surface area contributed by atoms with Crippen molar-refractivity contribution in [1.82, 2.24) is 0 Å². The van der Waals surface area contributed by atoms with Crippen molar-refractivity contribution in [2.24, 2.45) is 5.41 Å². The molecule has 0 radical (unpaired) electrons. The fourth-order valence-corrected chi connectivity index (χ4v) is 2.18. The monoisotopic (exact) mass is 275 g/mol. The zero-order valence-corrected chi connectivity index (χ0v) is 12.1. The van der Waals surface area contributed by atoms with Crippen molar-refractivity contribution < 1.29 is 14.6 Å². The van der Waals surface area contributed by atoms with E-state index in [9.17, 15) is 5.11 Å². The molecule has 20 heavy (non-hydrogen) atoms. The molecule has 0 bridgehead atoms. The third-order valence-electron chi connectivity index (χ3n) is 3.51. The van der Waals surface area contributed by atoms with Gasteiger partial charge >= 0.3 is 0 Å². The number of ether oxygens (including phenoxy) is 2. The second-order valence-electron chi connectivity index (χ2n) is 5.83. The van der Waals surface area contributed by atoms with Crippen molar-refractivity contribution >= 4 is 0 Å². The molecule has 2 rings (SSSR count). The van der Waals surface area contributed by atoms with Gasteiger partial charge in [0.15, 0.2) is 0 Å². The molecule has 0 spiro atoms. The number of unbranched alkanes of at least 4 members (excludes halogenated alkanes) is 1. The van der Waals surface area contributed by atoms with Gasteiger partial charge < -0.3 is 14.6 Å². The Morgan fingerprint density at radius 1 is 1.45 bits per heavy atom. The minimum absolute atomic E-state index is 0.252. The summed E-state index contributed by atoms with van der Waals surface area (Å²) in [5, 5.41) is 18.5. The lowest BCUT2D eigenvalue weighted by molar-refractivity contribution is 0.140. The zero-order valence-electron chi connectivity index (χ0n) is 12.1. The highest BCUT2D eigenvalue weighted by Crippen LogP contribution is 2.35. The number of aliphatic hydroxyl groups excluding tert-OH is 1. The van der Waals surface area contributed by atoms with E-state index >= 15 is 0 Å². The molecule has 4 heteroatoms. The van der Waals surface area contributed by atoms with E-state index in [1.165, 1.54) is 0 Å². The molecule has 4 nitrogen and oxygen atoms in total. The summed E-state index contributed by atoms with van der Waals surface area (Å²) in [5.74, 6) is 1.47. The minimum Gasteiger partial charge on any atom is -0.493 e. The van der Waals surface area contributed by atoms with E-state index in [0.717, 1.165) is 30.6 Å². The Bertz CT molecular complexity index is 505. The molecule has 1 N–H and O–H groups in total. The lowest BCUT2D eigenvalue weighted by Crippen LogP contribution is -2.08. The number of fused-ring (bicyclic) bond motifs is 1. The number of hydrogen-bond donors (Lipinski definition) is 1. The Morgan fingerprint density at radius 2 is 2.25 bits per heavy atom. The summed E-state index contributed by atoms with van der Waals surface area (Å²) in [6, 6.07) is 7.83. The molecule has 1 aliphatic heterocycles. The van der Waals surface area contributed by atoms with Gasteiger partial charge in [0.1, 0.15) is 24.2 Å². The van der Waals surface area contributed by atoms with Gasteiger partial charge in [-0.25, -0.2) is 0 Å². The molecule has 0 aromatic heterocycles. The highest BCUT2D eigenvalue weighted by molar-refractivity contribution is 5.44. The zero-order chi connectivity index (χ0) is 14.6. The van der Waals surface area contributed by atoms with Gasteiger partial charge in [0.2, 0.25) is 0 Å². The number of rotatable bonds is 6. The molecule has 1 aliphatic rings. The van der Waals surface area contributed by atoms with Crippen LogP contribution in [0.2, 0.25) is 0 Å². The quantitative estimate of drug-likeness (QED) is 0.810. The Hall–Kier alpha value is -1.73. The summed E-state index contributed by atoms with van der Waals surface area (Å²) in [5.41, 5.74) is 0.575. The van der Waals surface area contributed by atoms with Crippen molar-refractivity contribution in [3.8, 4) is 17.6 Å². The van der Waals surface area contributed by atoms with Gasteiger partial charge in [0.25, 0.3) is 0 Å². The van der Waals surface area contributed by atoms with E-state index in [-0.39, 0.29) is 5.41 Å². The van der Waals surface area contributed by atoms with Crippen LogP contribution in [0.3, 0.4) is 0 Å². The molecule has 0 saturated heterocycles. The first kappa shape index (κ1) is 14.7. The summed E-state index contributed by atoms with van der Waals surface area (Å²) in [6.45, 7) is 4.86. The molecular weight excluding hydrogens is 254 g/mol. The van der Waals surface area contributed by atoms with Crippen LogP contribution < -0.4 is 9.47 Å². The van der Waals surface area contributed by atoms with Crippen LogP contribution in [0.5, 0.6) is 11.5 Å². The second kappa shape index (κ2) is 6.15. The standard InChI is InChI=1S/C16H21NO3/c1-16(2,11-17)7-3-4-8-19-12-5-6-13-14(18)10-20-15(13)9-12/h5-6,9,14,18H,3-4,7-8,10H2,1-2H3. The normalized spacial score (nSPS) is 17.2. The third-order valence-corrected chi connectivity index (χ3v) is 3.51. The van der Waals surface area contributed by atoms with Crippen LogP contribution in [-0.2, 0) is 0 Å². The van der Waals surface area contributed by atoms with Crippen molar-refractivity contribution in [3.63, 3.8) is 0 Å². The molecule has 0 amide bonds. The van der Waals surface area contributed by atoms with E-state index in [4.69, 9.17) is 14.7 Å². The summed E-state index contributed by atoms with van der Waals surface area (Å²) < 4.78 is 11.0. The molecule has 0 saturated carbocycles. The molecule has 1 heterocycles. The van der Waals surface area contributed by atoms with Gasteiger partial charge in [-0.2, -0.15) is 5.26 Å².